The number of nitrogens with two attached hydrogens (primary N) is 1. The first-order valence-electron chi connectivity index (χ1n) is 11.1. The number of halogens is 3. The van der Waals surface area contributed by atoms with E-state index in [0.717, 1.165) is 47.6 Å². The molecule has 0 spiro atoms. The van der Waals surface area contributed by atoms with E-state index in [1.807, 2.05) is 12.1 Å². The summed E-state index contributed by atoms with van der Waals surface area (Å²) >= 11 is 0. The van der Waals surface area contributed by atoms with Crippen LogP contribution >= 0.6 is 37.2 Å². The molecular weight excluding hydrogens is 491 g/mol. The number of benzene rings is 1. The summed E-state index contributed by atoms with van der Waals surface area (Å²) in [4.78, 5) is 7.49. The van der Waals surface area contributed by atoms with Crippen LogP contribution in [-0.4, -0.2) is 43.6 Å². The van der Waals surface area contributed by atoms with Gasteiger partial charge in [0.15, 0.2) is 11.5 Å². The maximum atomic E-state index is 6.13. The maximum Gasteiger partial charge on any atom is 0.187 e. The van der Waals surface area contributed by atoms with Gasteiger partial charge in [0.1, 0.15) is 5.69 Å². The van der Waals surface area contributed by atoms with Gasteiger partial charge in [-0.2, -0.15) is 0 Å². The third-order valence-corrected chi connectivity index (χ3v) is 6.47. The average molecular weight is 524 g/mol. The number of para-hydroxylation sites is 1. The Hall–Kier alpha value is -1.96. The molecule has 0 aliphatic carbocycles. The fourth-order valence-corrected chi connectivity index (χ4v) is 4.58. The van der Waals surface area contributed by atoms with Crippen LogP contribution in [0.5, 0.6) is 0 Å². The van der Waals surface area contributed by atoms with Crippen molar-refractivity contribution < 1.29 is 0 Å². The van der Waals surface area contributed by atoms with Crippen LogP contribution in [0.1, 0.15) is 51.3 Å². The van der Waals surface area contributed by atoms with Gasteiger partial charge in [-0.05, 0) is 42.0 Å². The van der Waals surface area contributed by atoms with E-state index >= 15 is 0 Å². The summed E-state index contributed by atoms with van der Waals surface area (Å²) in [7, 11) is 0. The Morgan fingerprint density at radius 3 is 2.44 bits per heavy atom. The van der Waals surface area contributed by atoms with Crippen molar-refractivity contribution in [3.8, 4) is 11.5 Å². The quantitative estimate of drug-likeness (QED) is 0.378. The number of likely N-dealkylation sites (tertiary alicyclic amines) is 1. The lowest BCUT2D eigenvalue weighted by atomic mass is 9.85. The van der Waals surface area contributed by atoms with E-state index in [0.29, 0.717) is 6.04 Å². The summed E-state index contributed by atoms with van der Waals surface area (Å²) < 4.78 is 2.07. The highest BCUT2D eigenvalue weighted by atomic mass is 35.5. The molecule has 1 aliphatic rings. The van der Waals surface area contributed by atoms with Crippen molar-refractivity contribution >= 4 is 53.8 Å². The van der Waals surface area contributed by atoms with Gasteiger partial charge in [-0.15, -0.1) is 47.4 Å². The number of hydrogen-bond acceptors (Lipinski definition) is 5. The zero-order chi connectivity index (χ0) is 21.8. The van der Waals surface area contributed by atoms with Gasteiger partial charge in [-0.25, -0.2) is 4.98 Å². The molecule has 0 amide bonds. The number of rotatable bonds is 3. The highest BCUT2D eigenvalue weighted by Gasteiger charge is 2.25. The smallest absolute Gasteiger partial charge is 0.187 e. The molecule has 2 N–H and O–H groups in total. The molecule has 4 heterocycles. The van der Waals surface area contributed by atoms with E-state index in [1.165, 1.54) is 11.1 Å². The molecule has 3 aromatic heterocycles. The molecule has 184 valence electrons. The predicted molar refractivity (Wildman–Crippen MR) is 147 cm³/mol. The molecule has 1 unspecified atom stereocenters. The van der Waals surface area contributed by atoms with Crippen molar-refractivity contribution in [3.05, 3.63) is 59.8 Å². The molecule has 34 heavy (non-hydrogen) atoms. The Labute approximate surface area is 219 Å². The Morgan fingerprint density at radius 1 is 1.00 bits per heavy atom. The molecule has 5 rings (SSSR count). The summed E-state index contributed by atoms with van der Waals surface area (Å²) in [6.07, 6.45) is 3.21. The van der Waals surface area contributed by atoms with E-state index < -0.39 is 0 Å². The fourth-order valence-electron chi connectivity index (χ4n) is 4.58. The van der Waals surface area contributed by atoms with Crippen LogP contribution in [0.25, 0.3) is 28.1 Å². The van der Waals surface area contributed by atoms with Crippen LogP contribution in [0.2, 0.25) is 0 Å². The molecule has 1 fully saturated rings. The molecule has 6 nitrogen and oxygen atoms in total. The van der Waals surface area contributed by atoms with E-state index in [9.17, 15) is 0 Å². The second-order valence-corrected chi connectivity index (χ2v) is 9.76. The molecule has 0 saturated carbocycles. The number of pyridine rings is 2. The van der Waals surface area contributed by atoms with Crippen molar-refractivity contribution in [1.82, 2.24) is 24.5 Å². The zero-order valence-electron chi connectivity index (χ0n) is 19.9. The molecular formula is C25H33Cl3N6. The first-order chi connectivity index (χ1) is 14.8. The lowest BCUT2D eigenvalue weighted by molar-refractivity contribution is 0.259. The Balaban J connectivity index is 0.00000136. The van der Waals surface area contributed by atoms with Gasteiger partial charge in [0.25, 0.3) is 0 Å². The summed E-state index contributed by atoms with van der Waals surface area (Å²) in [6, 6.07) is 15.3. The van der Waals surface area contributed by atoms with Crippen LogP contribution in [0.4, 0.5) is 0 Å². The van der Waals surface area contributed by atoms with Gasteiger partial charge < -0.3 is 5.73 Å². The summed E-state index contributed by atoms with van der Waals surface area (Å²) in [5.41, 5.74) is 11.3. The second kappa shape index (κ2) is 10.8. The third kappa shape index (κ3) is 5.16. The lowest BCUT2D eigenvalue weighted by Gasteiger charge is -2.24. The van der Waals surface area contributed by atoms with Gasteiger partial charge in [0.05, 0.1) is 5.52 Å². The molecule has 2 atom stereocenters. The minimum Gasteiger partial charge on any atom is -0.326 e. The fraction of sp³-hybridized carbons (Fsp3) is 0.400. The first-order valence-corrected chi connectivity index (χ1v) is 11.1. The number of hydrogen-bond donors (Lipinski definition) is 1. The van der Waals surface area contributed by atoms with Crippen LogP contribution in [0.3, 0.4) is 0 Å². The molecule has 1 aromatic carbocycles. The van der Waals surface area contributed by atoms with E-state index in [4.69, 9.17) is 10.7 Å². The Kier molecular flexibility index (Phi) is 8.94. The standard InChI is InChI=1S/C25H30N6.3ClH/c1-16(30-13-12-19(26)15-30)18-9-11-22-28-29-24(31(22)14-18)21-10-8-17-6-5-7-20(23(17)27-21)25(2,3)4;;;/h5-11,14,16,19H,12-13,15,26H2,1-4H3;3*1H/t16?,19-;;;/m0.../s1. The molecule has 9 heteroatoms. The Bertz CT molecular complexity index is 1270. The zero-order valence-corrected chi connectivity index (χ0v) is 22.4. The third-order valence-electron chi connectivity index (χ3n) is 6.47. The van der Waals surface area contributed by atoms with Gasteiger partial charge in [0.2, 0.25) is 0 Å². The molecule has 0 bridgehead atoms. The summed E-state index contributed by atoms with van der Waals surface area (Å²) in [6.45, 7) is 10.9. The topological polar surface area (TPSA) is 72.3 Å². The minimum atomic E-state index is 0. The summed E-state index contributed by atoms with van der Waals surface area (Å²) in [5.74, 6) is 0.771. The average Bonchev–Trinajstić information content (AvgIpc) is 3.37. The lowest BCUT2D eigenvalue weighted by Crippen LogP contribution is -2.28. The van der Waals surface area contributed by atoms with Crippen molar-refractivity contribution in [2.45, 2.75) is 51.6 Å². The monoisotopic (exact) mass is 522 g/mol. The largest absolute Gasteiger partial charge is 0.326 e. The van der Waals surface area contributed by atoms with Gasteiger partial charge in [-0.1, -0.05) is 51.1 Å². The normalized spacial score (nSPS) is 17.1. The van der Waals surface area contributed by atoms with Gasteiger partial charge in [-0.3, -0.25) is 9.30 Å². The van der Waals surface area contributed by atoms with Gasteiger partial charge in [0, 0.05) is 36.8 Å². The molecule has 1 saturated heterocycles. The number of aromatic nitrogens is 4. The molecule has 4 aromatic rings. The number of nitrogens with zero attached hydrogens (tertiary/aromatic N) is 5. The minimum absolute atomic E-state index is 0. The van der Waals surface area contributed by atoms with Crippen LogP contribution in [0, 0.1) is 0 Å². The highest BCUT2D eigenvalue weighted by molar-refractivity contribution is 5.86. The van der Waals surface area contributed by atoms with Gasteiger partial charge >= 0.3 is 0 Å². The van der Waals surface area contributed by atoms with E-state index in [2.05, 4.69) is 83.7 Å². The summed E-state index contributed by atoms with van der Waals surface area (Å²) in [5, 5.41) is 10.0. The SMILES string of the molecule is CC(c1ccc2nnc(-c3ccc4cccc(C(C)(C)C)c4n3)n2c1)N1CC[C@H](N)C1.Cl.Cl.Cl. The molecule has 0 radical (unpaired) electrons. The van der Waals surface area contributed by atoms with E-state index in [1.54, 1.807) is 0 Å². The first kappa shape index (κ1) is 28.3. The Morgan fingerprint density at radius 2 is 1.76 bits per heavy atom. The predicted octanol–water partition coefficient (Wildman–Crippen LogP) is 5.60. The van der Waals surface area contributed by atoms with Crippen molar-refractivity contribution in [1.29, 1.82) is 0 Å². The van der Waals surface area contributed by atoms with E-state index in [-0.39, 0.29) is 48.7 Å². The highest BCUT2D eigenvalue weighted by Crippen LogP contribution is 2.31. The van der Waals surface area contributed by atoms with Crippen LogP contribution < -0.4 is 5.73 Å². The van der Waals surface area contributed by atoms with Crippen LogP contribution in [-0.2, 0) is 5.41 Å². The number of fused-ring (bicyclic) bond motifs is 2. The second-order valence-electron chi connectivity index (χ2n) is 9.76. The molecule has 1 aliphatic heterocycles. The maximum absolute atomic E-state index is 6.13. The van der Waals surface area contributed by atoms with Crippen molar-refractivity contribution in [2.75, 3.05) is 13.1 Å². The van der Waals surface area contributed by atoms with Crippen molar-refractivity contribution in [3.63, 3.8) is 0 Å². The van der Waals surface area contributed by atoms with Crippen molar-refractivity contribution in [2.24, 2.45) is 5.73 Å². The van der Waals surface area contributed by atoms with Crippen LogP contribution in [0.15, 0.2) is 48.7 Å².